The van der Waals surface area contributed by atoms with Gasteiger partial charge in [-0.2, -0.15) is 0 Å². The Hall–Kier alpha value is -3.83. The molecule has 1 aliphatic rings. The number of ether oxygens (including phenoxy) is 5. The van der Waals surface area contributed by atoms with Crippen molar-refractivity contribution in [1.29, 1.82) is 0 Å². The predicted octanol–water partition coefficient (Wildman–Crippen LogP) is 3.35. The summed E-state index contributed by atoms with van der Waals surface area (Å²) in [5, 5.41) is 8.96. The monoisotopic (exact) mass is 585 g/mol. The van der Waals surface area contributed by atoms with Gasteiger partial charge >= 0.3 is 5.97 Å². The molecule has 230 valence electrons. The fourth-order valence-corrected chi connectivity index (χ4v) is 4.46. The standard InChI is InChI=1S/C31H43N3O8/c1-21-31(16-14-27(36)42-30(2,3)4,33-28(41-21)22-8-10-24(11-9-22)40-19-7-18-35)29(37)34-32-17-15-23-20-25(38-5)12-13-26(23)39-6/h8-13,20-21,32,35H,7,14-19H2,1-6H3,(H,34,37)/t21-,31-/m0/s1. The molecule has 0 spiro atoms. The van der Waals surface area contributed by atoms with Crippen LogP contribution >= 0.6 is 0 Å². The number of aliphatic imine (C=N–C) groups is 1. The number of hydrogen-bond donors (Lipinski definition) is 3. The summed E-state index contributed by atoms with van der Waals surface area (Å²) in [4.78, 5) is 31.0. The van der Waals surface area contributed by atoms with E-state index < -0.39 is 29.1 Å². The lowest BCUT2D eigenvalue weighted by Gasteiger charge is -2.28. The second kappa shape index (κ2) is 14.9. The fourth-order valence-electron chi connectivity index (χ4n) is 4.46. The van der Waals surface area contributed by atoms with Gasteiger partial charge in [-0.15, -0.1) is 0 Å². The molecule has 0 aromatic heterocycles. The number of hydrogen-bond acceptors (Lipinski definition) is 10. The van der Waals surface area contributed by atoms with Crippen LogP contribution in [-0.2, 0) is 25.5 Å². The van der Waals surface area contributed by atoms with Gasteiger partial charge in [-0.25, -0.2) is 10.4 Å². The Bertz CT molecular complexity index is 1230. The number of carbonyl (C=O) groups is 2. The number of aliphatic hydroxyl groups is 1. The van der Waals surface area contributed by atoms with E-state index in [9.17, 15) is 9.59 Å². The van der Waals surface area contributed by atoms with Crippen LogP contribution in [-0.4, -0.2) is 74.1 Å². The highest BCUT2D eigenvalue weighted by atomic mass is 16.6. The van der Waals surface area contributed by atoms with Crippen LogP contribution in [0.5, 0.6) is 17.2 Å². The molecule has 11 nitrogen and oxygen atoms in total. The summed E-state index contributed by atoms with van der Waals surface area (Å²) in [5.41, 5.74) is 5.32. The highest BCUT2D eigenvalue weighted by Gasteiger charge is 2.50. The number of methoxy groups -OCH3 is 2. The Morgan fingerprint density at radius 2 is 1.79 bits per heavy atom. The molecule has 0 saturated carbocycles. The summed E-state index contributed by atoms with van der Waals surface area (Å²) >= 11 is 0. The summed E-state index contributed by atoms with van der Waals surface area (Å²) in [7, 11) is 3.20. The lowest BCUT2D eigenvalue weighted by atomic mass is 9.88. The van der Waals surface area contributed by atoms with Gasteiger partial charge in [0.25, 0.3) is 5.91 Å². The second-order valence-electron chi connectivity index (χ2n) is 10.9. The number of amides is 1. The SMILES string of the molecule is COc1ccc(OC)c(CCNNC(=O)[C@@]2(CCC(=O)OC(C)(C)C)N=C(c3ccc(OCCCO)cc3)O[C@H]2C)c1. The van der Waals surface area contributed by atoms with Crippen molar-refractivity contribution in [1.82, 2.24) is 10.9 Å². The molecule has 3 rings (SSSR count). The Labute approximate surface area is 247 Å². The van der Waals surface area contributed by atoms with Gasteiger partial charge in [-0.05, 0) is 88.6 Å². The quantitative estimate of drug-likeness (QED) is 0.163. The van der Waals surface area contributed by atoms with Crippen molar-refractivity contribution in [2.75, 3.05) is 34.0 Å². The first-order valence-corrected chi connectivity index (χ1v) is 14.1. The second-order valence-corrected chi connectivity index (χ2v) is 10.9. The van der Waals surface area contributed by atoms with Crippen LogP contribution in [0.2, 0.25) is 0 Å². The Morgan fingerprint density at radius 3 is 2.43 bits per heavy atom. The minimum Gasteiger partial charge on any atom is -0.497 e. The lowest BCUT2D eigenvalue weighted by molar-refractivity contribution is -0.155. The van der Waals surface area contributed by atoms with Crippen LogP contribution in [0.25, 0.3) is 0 Å². The summed E-state index contributed by atoms with van der Waals surface area (Å²) in [5.74, 6) is 1.52. The molecule has 2 aromatic carbocycles. The van der Waals surface area contributed by atoms with Crippen molar-refractivity contribution >= 4 is 17.8 Å². The van der Waals surface area contributed by atoms with Gasteiger partial charge in [0, 0.05) is 31.6 Å². The lowest BCUT2D eigenvalue weighted by Crippen LogP contribution is -2.55. The number of aliphatic hydroxyl groups excluding tert-OH is 1. The summed E-state index contributed by atoms with van der Waals surface area (Å²) in [6.07, 6.45) is 0.500. The van der Waals surface area contributed by atoms with Crippen LogP contribution in [0.15, 0.2) is 47.5 Å². The van der Waals surface area contributed by atoms with Crippen LogP contribution < -0.4 is 25.1 Å². The average Bonchev–Trinajstić information content (AvgIpc) is 3.30. The zero-order valence-electron chi connectivity index (χ0n) is 25.3. The zero-order chi connectivity index (χ0) is 30.8. The van der Waals surface area contributed by atoms with Crippen molar-refractivity contribution < 1.29 is 38.4 Å². The number of esters is 1. The molecule has 1 aliphatic heterocycles. The number of carbonyl (C=O) groups excluding carboxylic acids is 2. The molecular weight excluding hydrogens is 542 g/mol. The zero-order valence-corrected chi connectivity index (χ0v) is 25.3. The Morgan fingerprint density at radius 1 is 1.07 bits per heavy atom. The first-order chi connectivity index (χ1) is 20.0. The smallest absolute Gasteiger partial charge is 0.306 e. The first kappa shape index (κ1) is 32.7. The highest BCUT2D eigenvalue weighted by Crippen LogP contribution is 2.34. The summed E-state index contributed by atoms with van der Waals surface area (Å²) in [6, 6.07) is 12.7. The number of nitrogens with zero attached hydrogens (tertiary/aromatic N) is 1. The maximum Gasteiger partial charge on any atom is 0.306 e. The van der Waals surface area contributed by atoms with Gasteiger partial charge in [0.2, 0.25) is 5.90 Å². The van der Waals surface area contributed by atoms with Crippen LogP contribution in [0.4, 0.5) is 0 Å². The molecule has 2 atom stereocenters. The van der Waals surface area contributed by atoms with Gasteiger partial charge in [0.05, 0.1) is 20.8 Å². The molecule has 0 bridgehead atoms. The molecule has 11 heteroatoms. The van der Waals surface area contributed by atoms with Crippen molar-refractivity contribution in [3.05, 3.63) is 53.6 Å². The molecule has 0 aliphatic carbocycles. The van der Waals surface area contributed by atoms with Crippen molar-refractivity contribution in [3.63, 3.8) is 0 Å². The van der Waals surface area contributed by atoms with Gasteiger partial charge in [0.1, 0.15) is 29.0 Å². The molecule has 1 heterocycles. The molecular formula is C31H43N3O8. The highest BCUT2D eigenvalue weighted by molar-refractivity contribution is 6.00. The third-order valence-electron chi connectivity index (χ3n) is 6.67. The molecule has 2 aromatic rings. The van der Waals surface area contributed by atoms with Crippen molar-refractivity contribution in [3.8, 4) is 17.2 Å². The van der Waals surface area contributed by atoms with Gasteiger partial charge in [-0.3, -0.25) is 15.0 Å². The number of rotatable bonds is 15. The summed E-state index contributed by atoms with van der Waals surface area (Å²) in [6.45, 7) is 8.00. The minimum absolute atomic E-state index is 0.0200. The predicted molar refractivity (Wildman–Crippen MR) is 158 cm³/mol. The van der Waals surface area contributed by atoms with Crippen LogP contribution in [0.1, 0.15) is 58.1 Å². The third kappa shape index (κ3) is 8.83. The van der Waals surface area contributed by atoms with Crippen molar-refractivity contribution in [2.45, 2.75) is 70.6 Å². The number of nitrogens with one attached hydrogen (secondary N) is 2. The normalized spacial score (nSPS) is 18.1. The van der Waals surface area contributed by atoms with Crippen molar-refractivity contribution in [2.24, 2.45) is 4.99 Å². The van der Waals surface area contributed by atoms with Gasteiger partial charge in [0.15, 0.2) is 5.54 Å². The molecule has 1 amide bonds. The topological polar surface area (TPSA) is 137 Å². The van der Waals surface area contributed by atoms with E-state index in [1.165, 1.54) is 0 Å². The van der Waals surface area contributed by atoms with E-state index in [-0.39, 0.29) is 19.4 Å². The number of hydrazine groups is 1. The maximum atomic E-state index is 13.7. The molecule has 0 saturated heterocycles. The third-order valence-corrected chi connectivity index (χ3v) is 6.67. The Balaban J connectivity index is 1.75. The first-order valence-electron chi connectivity index (χ1n) is 14.1. The van der Waals surface area contributed by atoms with E-state index in [2.05, 4.69) is 10.9 Å². The minimum atomic E-state index is -1.37. The van der Waals surface area contributed by atoms with E-state index >= 15 is 0 Å². The van der Waals surface area contributed by atoms with E-state index in [4.69, 9.17) is 33.8 Å². The molecule has 42 heavy (non-hydrogen) atoms. The maximum absolute atomic E-state index is 13.7. The molecule has 0 unspecified atom stereocenters. The van der Waals surface area contributed by atoms with E-state index in [0.29, 0.717) is 49.0 Å². The van der Waals surface area contributed by atoms with Crippen LogP contribution in [0, 0.1) is 0 Å². The molecule has 0 radical (unpaired) electrons. The average molecular weight is 586 g/mol. The van der Waals surface area contributed by atoms with Crippen LogP contribution in [0.3, 0.4) is 0 Å². The van der Waals surface area contributed by atoms with Gasteiger partial charge in [-0.1, -0.05) is 0 Å². The summed E-state index contributed by atoms with van der Waals surface area (Å²) < 4.78 is 27.9. The van der Waals surface area contributed by atoms with E-state index in [1.54, 1.807) is 66.2 Å². The molecule has 0 fully saturated rings. The van der Waals surface area contributed by atoms with E-state index in [0.717, 1.165) is 11.3 Å². The number of benzene rings is 2. The Kier molecular flexibility index (Phi) is 11.6. The molecule has 3 N–H and O–H groups in total. The fraction of sp³-hybridized carbons (Fsp3) is 0.516. The van der Waals surface area contributed by atoms with E-state index in [1.807, 2.05) is 18.2 Å². The van der Waals surface area contributed by atoms with Gasteiger partial charge < -0.3 is 28.8 Å². The largest absolute Gasteiger partial charge is 0.497 e.